The number of nitrogens with one attached hydrogen (secondary N) is 1. The molecule has 0 aliphatic carbocycles. The first-order valence-corrected chi connectivity index (χ1v) is 9.63. The third-order valence-electron chi connectivity index (χ3n) is 5.52. The second-order valence-electron chi connectivity index (χ2n) is 7.69. The van der Waals surface area contributed by atoms with Gasteiger partial charge in [0, 0.05) is 24.7 Å². The number of benzene rings is 2. The molecule has 2 aromatic carbocycles. The summed E-state index contributed by atoms with van der Waals surface area (Å²) in [5.41, 5.74) is 6.23. The maximum atomic E-state index is 12.7. The fourth-order valence-corrected chi connectivity index (χ4v) is 3.79. The molecule has 26 heavy (non-hydrogen) atoms. The fraction of sp³-hybridized carbons (Fsp3) is 0.435. The molecule has 1 N–H and O–H groups in total. The van der Waals surface area contributed by atoms with Gasteiger partial charge in [-0.3, -0.25) is 4.79 Å². The van der Waals surface area contributed by atoms with Gasteiger partial charge in [-0.25, -0.2) is 0 Å². The maximum Gasteiger partial charge on any atom is 0.223 e. The number of hydrogen-bond donors (Lipinski definition) is 1. The highest BCUT2D eigenvalue weighted by molar-refractivity contribution is 5.79. The number of carbonyl (C=O) groups excluding carboxylic acids is 1. The van der Waals surface area contributed by atoms with E-state index in [-0.39, 0.29) is 17.9 Å². The van der Waals surface area contributed by atoms with Crippen molar-refractivity contribution in [3.05, 3.63) is 64.7 Å². The predicted molar refractivity (Wildman–Crippen MR) is 109 cm³/mol. The third-order valence-corrected chi connectivity index (χ3v) is 5.52. The lowest BCUT2D eigenvalue weighted by Crippen LogP contribution is -2.41. The van der Waals surface area contributed by atoms with Gasteiger partial charge in [0.15, 0.2) is 0 Å². The lowest BCUT2D eigenvalue weighted by molar-refractivity contribution is -0.126. The first kappa shape index (κ1) is 18.5. The molecular weight excluding hydrogens is 320 g/mol. The van der Waals surface area contributed by atoms with Crippen LogP contribution in [0.25, 0.3) is 0 Å². The van der Waals surface area contributed by atoms with Gasteiger partial charge >= 0.3 is 0 Å². The maximum absolute atomic E-state index is 12.7. The number of carbonyl (C=O) groups is 1. The summed E-state index contributed by atoms with van der Waals surface area (Å²) >= 11 is 0. The van der Waals surface area contributed by atoms with Crippen molar-refractivity contribution in [2.75, 3.05) is 18.0 Å². The van der Waals surface area contributed by atoms with Gasteiger partial charge < -0.3 is 10.2 Å². The number of aryl methyl sites for hydroxylation is 3. The minimum Gasteiger partial charge on any atom is -0.371 e. The van der Waals surface area contributed by atoms with E-state index in [0.717, 1.165) is 25.9 Å². The number of nitrogens with zero attached hydrogens (tertiary/aromatic N) is 1. The monoisotopic (exact) mass is 350 g/mol. The molecular formula is C23H30N2O. The van der Waals surface area contributed by atoms with Crippen LogP contribution in [-0.2, 0) is 4.79 Å². The van der Waals surface area contributed by atoms with E-state index >= 15 is 0 Å². The van der Waals surface area contributed by atoms with E-state index in [1.807, 2.05) is 0 Å². The normalized spacial score (nSPS) is 16.4. The Balaban J connectivity index is 1.56. The number of hydrogen-bond acceptors (Lipinski definition) is 2. The molecule has 1 atom stereocenters. The van der Waals surface area contributed by atoms with Crippen molar-refractivity contribution in [2.45, 2.75) is 46.6 Å². The van der Waals surface area contributed by atoms with Crippen LogP contribution < -0.4 is 10.2 Å². The van der Waals surface area contributed by atoms with Crippen molar-refractivity contribution in [3.63, 3.8) is 0 Å². The highest BCUT2D eigenvalue weighted by Crippen LogP contribution is 2.25. The number of piperidine rings is 1. The van der Waals surface area contributed by atoms with Crippen molar-refractivity contribution >= 4 is 11.6 Å². The van der Waals surface area contributed by atoms with Crippen LogP contribution in [0.5, 0.6) is 0 Å². The van der Waals surface area contributed by atoms with Crippen molar-refractivity contribution in [3.8, 4) is 0 Å². The Kier molecular flexibility index (Phi) is 5.65. The third kappa shape index (κ3) is 4.27. The van der Waals surface area contributed by atoms with E-state index in [4.69, 9.17) is 0 Å². The lowest BCUT2D eigenvalue weighted by Gasteiger charge is -2.33. The number of amides is 1. The Labute approximate surface area is 157 Å². The van der Waals surface area contributed by atoms with Gasteiger partial charge in [-0.2, -0.15) is 0 Å². The van der Waals surface area contributed by atoms with Crippen LogP contribution in [0.2, 0.25) is 0 Å². The highest BCUT2D eigenvalue weighted by Gasteiger charge is 2.26. The molecule has 3 rings (SSSR count). The average Bonchev–Trinajstić information content (AvgIpc) is 2.64. The molecule has 1 fully saturated rings. The van der Waals surface area contributed by atoms with Crippen molar-refractivity contribution in [1.29, 1.82) is 0 Å². The molecule has 1 amide bonds. The molecule has 0 saturated carbocycles. The van der Waals surface area contributed by atoms with E-state index < -0.39 is 0 Å². The molecule has 138 valence electrons. The van der Waals surface area contributed by atoms with Crippen LogP contribution in [0.1, 0.15) is 48.1 Å². The Morgan fingerprint density at radius 3 is 2.27 bits per heavy atom. The summed E-state index contributed by atoms with van der Waals surface area (Å²) in [6, 6.07) is 15.1. The smallest absolute Gasteiger partial charge is 0.223 e. The number of anilines is 1. The van der Waals surface area contributed by atoms with Gasteiger partial charge in [0.05, 0.1) is 6.04 Å². The van der Waals surface area contributed by atoms with Crippen LogP contribution >= 0.6 is 0 Å². The quantitative estimate of drug-likeness (QED) is 0.866. The van der Waals surface area contributed by atoms with E-state index in [0.29, 0.717) is 0 Å². The summed E-state index contributed by atoms with van der Waals surface area (Å²) in [6.45, 7) is 10.3. The van der Waals surface area contributed by atoms with Crippen LogP contribution in [0.3, 0.4) is 0 Å². The Morgan fingerprint density at radius 1 is 1.00 bits per heavy atom. The van der Waals surface area contributed by atoms with Crippen molar-refractivity contribution < 1.29 is 4.79 Å². The fourth-order valence-electron chi connectivity index (χ4n) is 3.79. The zero-order chi connectivity index (χ0) is 18.7. The van der Waals surface area contributed by atoms with Crippen LogP contribution in [0.15, 0.2) is 42.5 Å². The molecule has 3 nitrogen and oxygen atoms in total. The molecule has 0 aromatic heterocycles. The summed E-state index contributed by atoms with van der Waals surface area (Å²) < 4.78 is 0. The molecule has 1 heterocycles. The summed E-state index contributed by atoms with van der Waals surface area (Å²) in [5, 5.41) is 3.24. The van der Waals surface area contributed by atoms with Gasteiger partial charge in [0.2, 0.25) is 5.91 Å². The SMILES string of the molecule is Cc1ccc(N2CCC(C(=O)NC(C)c3cc(C)ccc3C)CC2)cc1. The molecule has 0 radical (unpaired) electrons. The molecule has 0 spiro atoms. The van der Waals surface area contributed by atoms with E-state index in [1.54, 1.807) is 0 Å². The van der Waals surface area contributed by atoms with Crippen LogP contribution in [0, 0.1) is 26.7 Å². The van der Waals surface area contributed by atoms with Crippen molar-refractivity contribution in [2.24, 2.45) is 5.92 Å². The van der Waals surface area contributed by atoms with Gasteiger partial charge in [-0.05, 0) is 63.8 Å². The summed E-state index contributed by atoms with van der Waals surface area (Å²) in [5.74, 6) is 0.311. The molecule has 2 aromatic rings. The highest BCUT2D eigenvalue weighted by atomic mass is 16.1. The second-order valence-corrected chi connectivity index (χ2v) is 7.69. The van der Waals surface area contributed by atoms with Gasteiger partial charge in [0.1, 0.15) is 0 Å². The van der Waals surface area contributed by atoms with Gasteiger partial charge in [-0.1, -0.05) is 41.5 Å². The zero-order valence-corrected chi connectivity index (χ0v) is 16.4. The topological polar surface area (TPSA) is 32.3 Å². The molecule has 1 aliphatic heterocycles. The molecule has 0 bridgehead atoms. The van der Waals surface area contributed by atoms with Gasteiger partial charge in [0.25, 0.3) is 0 Å². The molecule has 3 heteroatoms. The Morgan fingerprint density at radius 2 is 1.62 bits per heavy atom. The minimum absolute atomic E-state index is 0.0533. The summed E-state index contributed by atoms with van der Waals surface area (Å²) in [6.07, 6.45) is 1.83. The predicted octanol–water partition coefficient (Wildman–Crippen LogP) is 4.71. The molecule has 1 aliphatic rings. The second kappa shape index (κ2) is 7.94. The standard InChI is InChI=1S/C23H30N2O/c1-16-6-9-21(10-7-16)25-13-11-20(12-14-25)23(26)24-19(4)22-15-17(2)5-8-18(22)3/h5-10,15,19-20H,11-14H2,1-4H3,(H,24,26). The van der Waals surface area contributed by atoms with Crippen LogP contribution in [-0.4, -0.2) is 19.0 Å². The van der Waals surface area contributed by atoms with E-state index in [2.05, 4.69) is 80.4 Å². The minimum atomic E-state index is 0.0533. The summed E-state index contributed by atoms with van der Waals surface area (Å²) in [7, 11) is 0. The first-order chi connectivity index (χ1) is 12.4. The largest absolute Gasteiger partial charge is 0.371 e. The Bertz CT molecular complexity index is 758. The number of rotatable bonds is 4. The zero-order valence-electron chi connectivity index (χ0n) is 16.4. The van der Waals surface area contributed by atoms with E-state index in [1.165, 1.54) is 27.9 Å². The Hall–Kier alpha value is -2.29. The lowest BCUT2D eigenvalue weighted by atomic mass is 9.94. The molecule has 1 unspecified atom stereocenters. The first-order valence-electron chi connectivity index (χ1n) is 9.63. The average molecular weight is 351 g/mol. The summed E-state index contributed by atoms with van der Waals surface area (Å²) in [4.78, 5) is 15.1. The molecule has 1 saturated heterocycles. The van der Waals surface area contributed by atoms with Gasteiger partial charge in [-0.15, -0.1) is 0 Å². The van der Waals surface area contributed by atoms with Crippen LogP contribution in [0.4, 0.5) is 5.69 Å². The van der Waals surface area contributed by atoms with Crippen molar-refractivity contribution in [1.82, 2.24) is 5.32 Å². The van der Waals surface area contributed by atoms with E-state index in [9.17, 15) is 4.79 Å².